The van der Waals surface area contributed by atoms with E-state index in [0.29, 0.717) is 6.61 Å². The molecule has 0 saturated heterocycles. The molecule has 1 aromatic carbocycles. The summed E-state index contributed by atoms with van der Waals surface area (Å²) in [5.74, 6) is 0. The van der Waals surface area contributed by atoms with Gasteiger partial charge in [-0.3, -0.25) is 0 Å². The Labute approximate surface area is 92.4 Å². The Morgan fingerprint density at radius 2 is 2.00 bits per heavy atom. The second-order valence-electron chi connectivity index (χ2n) is 3.86. The smallest absolute Gasteiger partial charge is 0.0617 e. The summed E-state index contributed by atoms with van der Waals surface area (Å²) in [6.07, 6.45) is 3.15. The molecule has 1 rings (SSSR count). The maximum Gasteiger partial charge on any atom is 0.0617 e. The standard InChI is InChI=1S/C13H21NO/c1-2-6-13(14)11-15-10-9-12-7-4-3-5-8-12/h3-5,7-8,13H,2,6,9-11,14H2,1H3. The van der Waals surface area contributed by atoms with Crippen LogP contribution in [0.3, 0.4) is 0 Å². The van der Waals surface area contributed by atoms with Crippen LogP contribution in [0.2, 0.25) is 0 Å². The summed E-state index contributed by atoms with van der Waals surface area (Å²) in [5, 5.41) is 0. The van der Waals surface area contributed by atoms with Gasteiger partial charge in [0.05, 0.1) is 13.2 Å². The van der Waals surface area contributed by atoms with Crippen molar-refractivity contribution in [2.24, 2.45) is 5.73 Å². The summed E-state index contributed by atoms with van der Waals surface area (Å²) in [6, 6.07) is 10.6. The Morgan fingerprint density at radius 1 is 1.27 bits per heavy atom. The minimum absolute atomic E-state index is 0.200. The van der Waals surface area contributed by atoms with Crippen LogP contribution in [0.15, 0.2) is 30.3 Å². The molecule has 0 bridgehead atoms. The van der Waals surface area contributed by atoms with E-state index in [2.05, 4.69) is 31.2 Å². The largest absolute Gasteiger partial charge is 0.379 e. The lowest BCUT2D eigenvalue weighted by Crippen LogP contribution is -2.26. The van der Waals surface area contributed by atoms with Gasteiger partial charge in [-0.25, -0.2) is 0 Å². The Hall–Kier alpha value is -0.860. The highest BCUT2D eigenvalue weighted by Crippen LogP contribution is 2.00. The zero-order valence-corrected chi connectivity index (χ0v) is 9.49. The molecule has 15 heavy (non-hydrogen) atoms. The summed E-state index contributed by atoms with van der Waals surface area (Å²) in [4.78, 5) is 0. The van der Waals surface area contributed by atoms with Gasteiger partial charge in [0.1, 0.15) is 0 Å². The van der Waals surface area contributed by atoms with Gasteiger partial charge in [0.2, 0.25) is 0 Å². The number of hydrogen-bond donors (Lipinski definition) is 1. The van der Waals surface area contributed by atoms with Gasteiger partial charge in [-0.15, -0.1) is 0 Å². The molecular weight excluding hydrogens is 186 g/mol. The molecular formula is C13H21NO. The van der Waals surface area contributed by atoms with Crippen LogP contribution in [-0.4, -0.2) is 19.3 Å². The molecule has 0 aliphatic rings. The second-order valence-corrected chi connectivity index (χ2v) is 3.86. The molecule has 0 amide bonds. The summed E-state index contributed by atoms with van der Waals surface area (Å²) < 4.78 is 5.53. The average molecular weight is 207 g/mol. The zero-order chi connectivity index (χ0) is 10.9. The Balaban J connectivity index is 2.07. The fourth-order valence-corrected chi connectivity index (χ4v) is 1.52. The van der Waals surface area contributed by atoms with Crippen LogP contribution in [-0.2, 0) is 11.2 Å². The minimum Gasteiger partial charge on any atom is -0.379 e. The van der Waals surface area contributed by atoms with E-state index < -0.39 is 0 Å². The molecule has 2 heteroatoms. The fraction of sp³-hybridized carbons (Fsp3) is 0.538. The highest BCUT2D eigenvalue weighted by atomic mass is 16.5. The van der Waals surface area contributed by atoms with Gasteiger partial charge in [-0.1, -0.05) is 43.7 Å². The van der Waals surface area contributed by atoms with Crippen LogP contribution >= 0.6 is 0 Å². The van der Waals surface area contributed by atoms with Gasteiger partial charge < -0.3 is 10.5 Å². The van der Waals surface area contributed by atoms with Crippen molar-refractivity contribution in [3.8, 4) is 0 Å². The molecule has 1 atom stereocenters. The SMILES string of the molecule is CCCC(N)COCCc1ccccc1. The highest BCUT2D eigenvalue weighted by Gasteiger charge is 2.00. The average Bonchev–Trinajstić information content (AvgIpc) is 2.26. The molecule has 2 nitrogen and oxygen atoms in total. The highest BCUT2D eigenvalue weighted by molar-refractivity contribution is 5.14. The predicted octanol–water partition coefficient (Wildman–Crippen LogP) is 2.37. The van der Waals surface area contributed by atoms with E-state index in [1.165, 1.54) is 5.56 Å². The minimum atomic E-state index is 0.200. The number of benzene rings is 1. The van der Waals surface area contributed by atoms with Crippen molar-refractivity contribution in [3.63, 3.8) is 0 Å². The van der Waals surface area contributed by atoms with Crippen molar-refractivity contribution in [2.75, 3.05) is 13.2 Å². The Bertz CT molecular complexity index is 248. The number of nitrogens with two attached hydrogens (primary N) is 1. The third-order valence-electron chi connectivity index (χ3n) is 2.37. The molecule has 0 aliphatic heterocycles. The van der Waals surface area contributed by atoms with E-state index in [0.717, 1.165) is 25.9 Å². The molecule has 1 unspecified atom stereocenters. The fourth-order valence-electron chi connectivity index (χ4n) is 1.52. The van der Waals surface area contributed by atoms with E-state index in [9.17, 15) is 0 Å². The first kappa shape index (κ1) is 12.2. The third-order valence-corrected chi connectivity index (χ3v) is 2.37. The lowest BCUT2D eigenvalue weighted by atomic mass is 10.2. The van der Waals surface area contributed by atoms with Gasteiger partial charge in [-0.2, -0.15) is 0 Å². The van der Waals surface area contributed by atoms with Crippen molar-refractivity contribution < 1.29 is 4.74 Å². The van der Waals surface area contributed by atoms with Gasteiger partial charge in [0.25, 0.3) is 0 Å². The zero-order valence-electron chi connectivity index (χ0n) is 9.49. The van der Waals surface area contributed by atoms with Crippen molar-refractivity contribution in [1.82, 2.24) is 0 Å². The quantitative estimate of drug-likeness (QED) is 0.697. The van der Waals surface area contributed by atoms with Crippen LogP contribution in [0.4, 0.5) is 0 Å². The summed E-state index contributed by atoms with van der Waals surface area (Å²) in [6.45, 7) is 3.59. The second kappa shape index (κ2) is 7.43. The van der Waals surface area contributed by atoms with Crippen molar-refractivity contribution in [1.29, 1.82) is 0 Å². The van der Waals surface area contributed by atoms with E-state index in [1.807, 2.05) is 6.07 Å². The molecule has 0 heterocycles. The van der Waals surface area contributed by atoms with Gasteiger partial charge in [-0.05, 0) is 18.4 Å². The maximum absolute atomic E-state index is 5.84. The van der Waals surface area contributed by atoms with Gasteiger partial charge in [0.15, 0.2) is 0 Å². The predicted molar refractivity (Wildman–Crippen MR) is 63.8 cm³/mol. The first-order valence-corrected chi connectivity index (χ1v) is 5.70. The van der Waals surface area contributed by atoms with Crippen LogP contribution in [0.1, 0.15) is 25.3 Å². The number of hydrogen-bond acceptors (Lipinski definition) is 2. The van der Waals surface area contributed by atoms with E-state index >= 15 is 0 Å². The lowest BCUT2D eigenvalue weighted by molar-refractivity contribution is 0.121. The van der Waals surface area contributed by atoms with E-state index in [1.54, 1.807) is 0 Å². The molecule has 2 N–H and O–H groups in total. The summed E-state index contributed by atoms with van der Waals surface area (Å²) in [7, 11) is 0. The molecule has 1 aromatic rings. The first-order valence-electron chi connectivity index (χ1n) is 5.70. The first-order chi connectivity index (χ1) is 7.33. The molecule has 0 aromatic heterocycles. The van der Waals surface area contributed by atoms with Gasteiger partial charge >= 0.3 is 0 Å². The molecule has 0 spiro atoms. The monoisotopic (exact) mass is 207 g/mol. The van der Waals surface area contributed by atoms with Crippen molar-refractivity contribution in [2.45, 2.75) is 32.2 Å². The summed E-state index contributed by atoms with van der Waals surface area (Å²) >= 11 is 0. The summed E-state index contributed by atoms with van der Waals surface area (Å²) in [5.41, 5.74) is 7.16. The van der Waals surface area contributed by atoms with E-state index in [-0.39, 0.29) is 6.04 Å². The van der Waals surface area contributed by atoms with Crippen LogP contribution in [0, 0.1) is 0 Å². The van der Waals surface area contributed by atoms with Crippen LogP contribution < -0.4 is 5.73 Å². The number of ether oxygens (including phenoxy) is 1. The normalized spacial score (nSPS) is 12.7. The van der Waals surface area contributed by atoms with Crippen LogP contribution in [0.5, 0.6) is 0 Å². The molecule has 0 saturated carbocycles. The van der Waals surface area contributed by atoms with E-state index in [4.69, 9.17) is 10.5 Å². The topological polar surface area (TPSA) is 35.2 Å². The van der Waals surface area contributed by atoms with Crippen molar-refractivity contribution in [3.05, 3.63) is 35.9 Å². The maximum atomic E-state index is 5.84. The molecule has 0 aliphatic carbocycles. The Kier molecular flexibility index (Phi) is 6.05. The third kappa shape index (κ3) is 5.55. The van der Waals surface area contributed by atoms with Crippen molar-refractivity contribution >= 4 is 0 Å². The number of rotatable bonds is 7. The van der Waals surface area contributed by atoms with Gasteiger partial charge in [0, 0.05) is 6.04 Å². The van der Waals surface area contributed by atoms with Crippen LogP contribution in [0.25, 0.3) is 0 Å². The molecule has 84 valence electrons. The Morgan fingerprint density at radius 3 is 2.67 bits per heavy atom. The molecule has 0 fully saturated rings. The lowest BCUT2D eigenvalue weighted by Gasteiger charge is -2.10. The molecule has 0 radical (unpaired) electrons.